The molecule has 0 aliphatic carbocycles. The summed E-state index contributed by atoms with van der Waals surface area (Å²) in [5.74, 6) is 0.906. The Kier molecular flexibility index (Phi) is 3.98. The van der Waals surface area contributed by atoms with Gasteiger partial charge in [-0.25, -0.2) is 9.97 Å². The van der Waals surface area contributed by atoms with Crippen LogP contribution in [0.25, 0.3) is 22.8 Å². The maximum atomic E-state index is 5.91. The molecule has 0 aliphatic heterocycles. The van der Waals surface area contributed by atoms with Crippen LogP contribution in [0.15, 0.2) is 57.6 Å². The molecule has 0 radical (unpaired) electrons. The van der Waals surface area contributed by atoms with Crippen LogP contribution in [0.3, 0.4) is 0 Å². The average Bonchev–Trinajstić information content (AvgIpc) is 2.47. The second-order valence-electron chi connectivity index (χ2n) is 4.35. The van der Waals surface area contributed by atoms with Crippen molar-refractivity contribution in [1.82, 2.24) is 15.0 Å². The number of pyridine rings is 1. The fourth-order valence-corrected chi connectivity index (χ4v) is 3.07. The molecular weight excluding hydrogens is 396 g/mol. The van der Waals surface area contributed by atoms with E-state index >= 15 is 0 Å². The Labute approximate surface area is 138 Å². The van der Waals surface area contributed by atoms with Gasteiger partial charge >= 0.3 is 0 Å². The molecule has 0 saturated carbocycles. The molecule has 2 aromatic heterocycles. The minimum Gasteiger partial charge on any atom is -0.384 e. The maximum Gasteiger partial charge on any atom is 0.181 e. The zero-order valence-corrected chi connectivity index (χ0v) is 14.0. The number of rotatable bonds is 2. The summed E-state index contributed by atoms with van der Waals surface area (Å²) in [6, 6.07) is 13.5. The molecule has 0 bridgehead atoms. The van der Waals surface area contributed by atoms with Gasteiger partial charge in [0.15, 0.2) is 5.82 Å². The van der Waals surface area contributed by atoms with Gasteiger partial charge in [-0.05, 0) is 37.9 Å². The van der Waals surface area contributed by atoms with Crippen molar-refractivity contribution in [1.29, 1.82) is 0 Å². The lowest BCUT2D eigenvalue weighted by Gasteiger charge is -2.07. The third kappa shape index (κ3) is 3.11. The summed E-state index contributed by atoms with van der Waals surface area (Å²) in [5, 5.41) is 0. The SMILES string of the molecule is Nc1cc(-c2ccccc2)nc(-c2ncc(Br)cc2Br)n1. The van der Waals surface area contributed by atoms with Crippen LogP contribution in [0.1, 0.15) is 0 Å². The monoisotopic (exact) mass is 404 g/mol. The smallest absolute Gasteiger partial charge is 0.181 e. The Balaban J connectivity index is 2.14. The summed E-state index contributed by atoms with van der Waals surface area (Å²) >= 11 is 6.85. The van der Waals surface area contributed by atoms with Crippen molar-refractivity contribution in [2.45, 2.75) is 0 Å². The van der Waals surface area contributed by atoms with Crippen LogP contribution in [0, 0.1) is 0 Å². The molecule has 104 valence electrons. The van der Waals surface area contributed by atoms with E-state index in [2.05, 4.69) is 46.8 Å². The normalized spacial score (nSPS) is 10.6. The van der Waals surface area contributed by atoms with Crippen molar-refractivity contribution in [3.05, 3.63) is 57.6 Å². The van der Waals surface area contributed by atoms with Gasteiger partial charge in [0.1, 0.15) is 11.5 Å². The highest BCUT2D eigenvalue weighted by atomic mass is 79.9. The first-order valence-electron chi connectivity index (χ1n) is 6.15. The molecule has 6 heteroatoms. The van der Waals surface area contributed by atoms with E-state index in [0.717, 1.165) is 20.2 Å². The van der Waals surface area contributed by atoms with E-state index in [4.69, 9.17) is 5.73 Å². The predicted octanol–water partition coefficient (Wildman–Crippen LogP) is 4.31. The van der Waals surface area contributed by atoms with Crippen molar-refractivity contribution < 1.29 is 0 Å². The largest absolute Gasteiger partial charge is 0.384 e. The van der Waals surface area contributed by atoms with Crippen molar-refractivity contribution >= 4 is 37.7 Å². The first kappa shape index (κ1) is 14.2. The molecule has 3 aromatic rings. The van der Waals surface area contributed by atoms with Gasteiger partial charge in [-0.1, -0.05) is 30.3 Å². The predicted molar refractivity (Wildman–Crippen MR) is 90.5 cm³/mol. The van der Waals surface area contributed by atoms with Gasteiger partial charge < -0.3 is 5.73 Å². The van der Waals surface area contributed by atoms with E-state index in [-0.39, 0.29) is 0 Å². The zero-order valence-electron chi connectivity index (χ0n) is 10.8. The third-order valence-corrected chi connectivity index (χ3v) is 3.87. The molecule has 0 saturated heterocycles. The molecule has 0 fully saturated rings. The molecule has 0 spiro atoms. The number of benzene rings is 1. The molecule has 0 unspecified atom stereocenters. The summed E-state index contributed by atoms with van der Waals surface area (Å²) in [6.07, 6.45) is 1.70. The highest BCUT2D eigenvalue weighted by Crippen LogP contribution is 2.28. The number of aromatic nitrogens is 3. The van der Waals surface area contributed by atoms with E-state index in [9.17, 15) is 0 Å². The number of nitrogen functional groups attached to an aromatic ring is 1. The van der Waals surface area contributed by atoms with Crippen LogP contribution in [-0.2, 0) is 0 Å². The van der Waals surface area contributed by atoms with Crippen molar-refractivity contribution in [2.24, 2.45) is 0 Å². The third-order valence-electron chi connectivity index (χ3n) is 2.84. The highest BCUT2D eigenvalue weighted by molar-refractivity contribution is 9.11. The van der Waals surface area contributed by atoms with Crippen LogP contribution in [0.5, 0.6) is 0 Å². The minimum atomic E-state index is 0.412. The average molecular weight is 406 g/mol. The van der Waals surface area contributed by atoms with Gasteiger partial charge in [0.05, 0.1) is 5.69 Å². The molecule has 1 aromatic carbocycles. The number of anilines is 1. The molecule has 2 heterocycles. The standard InChI is InChI=1S/C15H10Br2N4/c16-10-6-11(17)14(19-8-10)15-20-12(7-13(18)21-15)9-4-2-1-3-5-9/h1-8H,(H2,18,20,21). The second kappa shape index (κ2) is 5.91. The lowest BCUT2D eigenvalue weighted by atomic mass is 10.1. The quantitative estimate of drug-likeness (QED) is 0.689. The Morgan fingerprint density at radius 1 is 0.952 bits per heavy atom. The number of nitrogens with two attached hydrogens (primary N) is 1. The van der Waals surface area contributed by atoms with Crippen molar-refractivity contribution in [3.8, 4) is 22.8 Å². The van der Waals surface area contributed by atoms with Crippen LogP contribution < -0.4 is 5.73 Å². The summed E-state index contributed by atoms with van der Waals surface area (Å²) in [6.45, 7) is 0. The maximum absolute atomic E-state index is 5.91. The first-order valence-corrected chi connectivity index (χ1v) is 7.73. The molecule has 0 aliphatic rings. The molecular formula is C15H10Br2N4. The van der Waals surface area contributed by atoms with E-state index in [1.165, 1.54) is 0 Å². The van der Waals surface area contributed by atoms with E-state index in [1.807, 2.05) is 36.4 Å². The summed E-state index contributed by atoms with van der Waals surface area (Å²) in [5.41, 5.74) is 8.33. The summed E-state index contributed by atoms with van der Waals surface area (Å²) in [4.78, 5) is 13.2. The van der Waals surface area contributed by atoms with E-state index in [0.29, 0.717) is 17.3 Å². The van der Waals surface area contributed by atoms with E-state index < -0.39 is 0 Å². The number of hydrogen-bond donors (Lipinski definition) is 1. The minimum absolute atomic E-state index is 0.412. The Hall–Kier alpha value is -1.79. The van der Waals surface area contributed by atoms with Gasteiger partial charge in [-0.15, -0.1) is 0 Å². The molecule has 21 heavy (non-hydrogen) atoms. The van der Waals surface area contributed by atoms with Gasteiger partial charge in [0.25, 0.3) is 0 Å². The zero-order chi connectivity index (χ0) is 14.8. The van der Waals surface area contributed by atoms with Gasteiger partial charge in [0, 0.05) is 26.8 Å². The van der Waals surface area contributed by atoms with Crippen molar-refractivity contribution in [2.75, 3.05) is 5.73 Å². The fraction of sp³-hybridized carbons (Fsp3) is 0. The lowest BCUT2D eigenvalue weighted by Crippen LogP contribution is -1.99. The summed E-state index contributed by atoms with van der Waals surface area (Å²) < 4.78 is 1.69. The van der Waals surface area contributed by atoms with Gasteiger partial charge in [-0.2, -0.15) is 0 Å². The van der Waals surface area contributed by atoms with Crippen LogP contribution in [0.2, 0.25) is 0 Å². The molecule has 0 atom stereocenters. The van der Waals surface area contributed by atoms with E-state index in [1.54, 1.807) is 12.3 Å². The van der Waals surface area contributed by atoms with Gasteiger partial charge in [-0.3, -0.25) is 4.98 Å². The molecule has 3 rings (SSSR count). The molecule has 4 nitrogen and oxygen atoms in total. The number of hydrogen-bond acceptors (Lipinski definition) is 4. The fourth-order valence-electron chi connectivity index (χ4n) is 1.91. The van der Waals surface area contributed by atoms with Crippen LogP contribution in [0.4, 0.5) is 5.82 Å². The topological polar surface area (TPSA) is 64.7 Å². The number of halogens is 2. The summed E-state index contributed by atoms with van der Waals surface area (Å²) in [7, 11) is 0. The number of nitrogens with zero attached hydrogens (tertiary/aromatic N) is 3. The Morgan fingerprint density at radius 3 is 2.43 bits per heavy atom. The molecule has 0 amide bonds. The van der Waals surface area contributed by atoms with Gasteiger partial charge in [0.2, 0.25) is 0 Å². The van der Waals surface area contributed by atoms with Crippen LogP contribution in [-0.4, -0.2) is 15.0 Å². The van der Waals surface area contributed by atoms with Crippen molar-refractivity contribution in [3.63, 3.8) is 0 Å². The molecule has 2 N–H and O–H groups in total. The first-order chi connectivity index (χ1) is 10.1. The lowest BCUT2D eigenvalue weighted by molar-refractivity contribution is 1.14. The van der Waals surface area contributed by atoms with Crippen LogP contribution >= 0.6 is 31.9 Å². The highest BCUT2D eigenvalue weighted by Gasteiger charge is 2.11. The second-order valence-corrected chi connectivity index (χ2v) is 6.12. The Bertz CT molecular complexity index is 791. The Morgan fingerprint density at radius 2 is 1.71 bits per heavy atom.